The van der Waals surface area contributed by atoms with E-state index in [-0.39, 0.29) is 17.4 Å². The molecule has 32 heavy (non-hydrogen) atoms. The highest BCUT2D eigenvalue weighted by molar-refractivity contribution is 7.86. The molecule has 6 nitrogen and oxygen atoms in total. The van der Waals surface area contributed by atoms with Crippen LogP contribution in [0, 0.1) is 12.8 Å². The van der Waals surface area contributed by atoms with Gasteiger partial charge in [0.25, 0.3) is 10.1 Å². The number of benzene rings is 2. The van der Waals surface area contributed by atoms with Crippen LogP contribution in [0.15, 0.2) is 70.8 Å². The van der Waals surface area contributed by atoms with Crippen LogP contribution >= 0.6 is 0 Å². The van der Waals surface area contributed by atoms with E-state index in [4.69, 9.17) is 9.02 Å². The molecule has 0 N–H and O–H groups in total. The van der Waals surface area contributed by atoms with Gasteiger partial charge in [0, 0.05) is 23.1 Å². The molecule has 1 heterocycles. The van der Waals surface area contributed by atoms with E-state index in [1.54, 1.807) is 36.7 Å². The van der Waals surface area contributed by atoms with E-state index < -0.39 is 16.2 Å². The van der Waals surface area contributed by atoms with Crippen LogP contribution in [0.1, 0.15) is 43.2 Å². The summed E-state index contributed by atoms with van der Waals surface area (Å²) < 4.78 is 30.7. The van der Waals surface area contributed by atoms with E-state index in [9.17, 15) is 8.42 Å². The Kier molecular flexibility index (Phi) is 7.17. The second-order valence-corrected chi connectivity index (χ2v) is 9.87. The molecule has 1 saturated carbocycles. The smallest absolute Gasteiger partial charge is 0.297 e. The lowest BCUT2D eigenvalue weighted by molar-refractivity contribution is -0.0220. The van der Waals surface area contributed by atoms with Crippen LogP contribution in [0.2, 0.25) is 0 Å². The van der Waals surface area contributed by atoms with Gasteiger partial charge in [-0.05, 0) is 38.0 Å². The maximum absolute atomic E-state index is 12.6. The van der Waals surface area contributed by atoms with Gasteiger partial charge in [0.05, 0.1) is 16.6 Å². The van der Waals surface area contributed by atoms with Gasteiger partial charge in [-0.3, -0.25) is 9.17 Å². The van der Waals surface area contributed by atoms with Gasteiger partial charge in [0.2, 0.25) is 0 Å². The molecule has 7 heteroatoms. The summed E-state index contributed by atoms with van der Waals surface area (Å²) in [5, 5.41) is 5.23. The number of aromatic nitrogens is 1. The summed E-state index contributed by atoms with van der Waals surface area (Å²) in [6.45, 7) is 1.85. The molecule has 0 spiro atoms. The fourth-order valence-electron chi connectivity index (χ4n) is 4.09. The van der Waals surface area contributed by atoms with Gasteiger partial charge in [-0.15, -0.1) is 0 Å². The van der Waals surface area contributed by atoms with Crippen LogP contribution in [0.5, 0.6) is 0 Å². The van der Waals surface area contributed by atoms with Crippen molar-refractivity contribution >= 4 is 27.2 Å². The van der Waals surface area contributed by atoms with Gasteiger partial charge in [-0.25, -0.2) is 0 Å². The molecule has 168 valence electrons. The average molecular weight is 453 g/mol. The number of oxime groups is 1. The monoisotopic (exact) mass is 452 g/mol. The molecular weight excluding hydrogens is 424 g/mol. The highest BCUT2D eigenvalue weighted by Crippen LogP contribution is 2.29. The third-order valence-corrected chi connectivity index (χ3v) is 7.22. The normalized spacial score (nSPS) is 16.4. The van der Waals surface area contributed by atoms with E-state index in [0.717, 1.165) is 47.7 Å². The molecule has 1 fully saturated rings. The lowest BCUT2D eigenvalue weighted by Crippen LogP contribution is -2.30. The standard InChI is InChI=1S/C25H28N2O4S/c1-19-12-14-23(15-13-19)32(28,29)30-18-24(20-7-3-2-4-8-20)31-27-17-22-10-5-9-21-11-6-16-26-25(21)22/h5-6,9-17,20,24H,2-4,7-8,18H2,1H3/b27-17+. The first-order chi connectivity index (χ1) is 15.5. The molecule has 1 unspecified atom stereocenters. The van der Waals surface area contributed by atoms with Crippen LogP contribution in [0.4, 0.5) is 0 Å². The summed E-state index contributed by atoms with van der Waals surface area (Å²) in [7, 11) is -3.86. The first-order valence-electron chi connectivity index (χ1n) is 11.0. The molecule has 0 amide bonds. The predicted molar refractivity (Wildman–Crippen MR) is 125 cm³/mol. The minimum atomic E-state index is -3.86. The maximum Gasteiger partial charge on any atom is 0.297 e. The van der Waals surface area contributed by atoms with Crippen molar-refractivity contribution in [1.29, 1.82) is 0 Å². The number of nitrogens with zero attached hydrogens (tertiary/aromatic N) is 2. The zero-order valence-corrected chi connectivity index (χ0v) is 19.0. The Morgan fingerprint density at radius 1 is 1.06 bits per heavy atom. The Bertz CT molecular complexity index is 1160. The largest absolute Gasteiger partial charge is 0.390 e. The lowest BCUT2D eigenvalue weighted by atomic mass is 9.85. The molecule has 1 aliphatic carbocycles. The Morgan fingerprint density at radius 3 is 2.59 bits per heavy atom. The van der Waals surface area contributed by atoms with Crippen molar-refractivity contribution in [2.45, 2.75) is 50.0 Å². The van der Waals surface area contributed by atoms with Crippen molar-refractivity contribution in [3.05, 3.63) is 71.9 Å². The van der Waals surface area contributed by atoms with E-state index in [1.165, 1.54) is 6.42 Å². The van der Waals surface area contributed by atoms with E-state index >= 15 is 0 Å². The highest BCUT2D eigenvalue weighted by atomic mass is 32.2. The van der Waals surface area contributed by atoms with Gasteiger partial charge >= 0.3 is 0 Å². The molecule has 2 aromatic carbocycles. The van der Waals surface area contributed by atoms with Crippen molar-refractivity contribution < 1.29 is 17.4 Å². The molecule has 0 saturated heterocycles. The average Bonchev–Trinajstić information content (AvgIpc) is 2.82. The Balaban J connectivity index is 1.48. The second-order valence-electron chi connectivity index (χ2n) is 8.25. The molecular formula is C25H28N2O4S. The van der Waals surface area contributed by atoms with Crippen LogP contribution in [0.3, 0.4) is 0 Å². The van der Waals surface area contributed by atoms with Crippen molar-refractivity contribution in [2.75, 3.05) is 6.61 Å². The van der Waals surface area contributed by atoms with Crippen LogP contribution in [-0.2, 0) is 19.1 Å². The summed E-state index contributed by atoms with van der Waals surface area (Å²) in [5.74, 6) is 0.208. The first kappa shape index (κ1) is 22.4. The van der Waals surface area contributed by atoms with Crippen molar-refractivity contribution in [1.82, 2.24) is 4.98 Å². The molecule has 1 aromatic heterocycles. The quantitative estimate of drug-likeness (QED) is 0.265. The lowest BCUT2D eigenvalue weighted by Gasteiger charge is -2.28. The van der Waals surface area contributed by atoms with Gasteiger partial charge in [0.15, 0.2) is 6.10 Å². The predicted octanol–water partition coefficient (Wildman–Crippen LogP) is 5.25. The molecule has 0 radical (unpaired) electrons. The Labute approximate surface area is 189 Å². The number of hydrogen-bond donors (Lipinski definition) is 0. The fourth-order valence-corrected chi connectivity index (χ4v) is 5.00. The summed E-state index contributed by atoms with van der Waals surface area (Å²) in [6.07, 6.45) is 8.30. The Hall–Kier alpha value is -2.77. The van der Waals surface area contributed by atoms with Crippen molar-refractivity contribution in [2.24, 2.45) is 11.1 Å². The first-order valence-corrected chi connectivity index (χ1v) is 12.4. The zero-order chi connectivity index (χ0) is 22.4. The molecule has 4 rings (SSSR count). The molecule has 0 aliphatic heterocycles. The Morgan fingerprint density at radius 2 is 1.81 bits per heavy atom. The van der Waals surface area contributed by atoms with Gasteiger partial charge in [0.1, 0.15) is 6.61 Å². The topological polar surface area (TPSA) is 77.9 Å². The van der Waals surface area contributed by atoms with Crippen molar-refractivity contribution in [3.8, 4) is 0 Å². The van der Waals surface area contributed by atoms with Crippen LogP contribution in [0.25, 0.3) is 10.9 Å². The van der Waals surface area contributed by atoms with E-state index in [1.807, 2.05) is 37.3 Å². The molecule has 3 aromatic rings. The molecule has 1 atom stereocenters. The number of fused-ring (bicyclic) bond motifs is 1. The second kappa shape index (κ2) is 10.2. The summed E-state index contributed by atoms with van der Waals surface area (Å²) >= 11 is 0. The van der Waals surface area contributed by atoms with Gasteiger partial charge in [-0.1, -0.05) is 66.4 Å². The van der Waals surface area contributed by atoms with Crippen LogP contribution in [-0.4, -0.2) is 32.3 Å². The number of rotatable bonds is 8. The highest BCUT2D eigenvalue weighted by Gasteiger charge is 2.28. The van der Waals surface area contributed by atoms with E-state index in [0.29, 0.717) is 0 Å². The van der Waals surface area contributed by atoms with Crippen LogP contribution < -0.4 is 0 Å². The van der Waals surface area contributed by atoms with Crippen molar-refractivity contribution in [3.63, 3.8) is 0 Å². The third kappa shape index (κ3) is 5.53. The maximum atomic E-state index is 12.6. The summed E-state index contributed by atoms with van der Waals surface area (Å²) in [6, 6.07) is 16.4. The van der Waals surface area contributed by atoms with Gasteiger partial charge in [-0.2, -0.15) is 8.42 Å². The summed E-state index contributed by atoms with van der Waals surface area (Å²) in [4.78, 5) is 10.4. The zero-order valence-electron chi connectivity index (χ0n) is 18.2. The minimum absolute atomic E-state index is 0.0635. The summed E-state index contributed by atoms with van der Waals surface area (Å²) in [5.41, 5.74) is 2.68. The van der Waals surface area contributed by atoms with E-state index in [2.05, 4.69) is 10.1 Å². The molecule has 1 aliphatic rings. The third-order valence-electron chi connectivity index (χ3n) is 5.92. The van der Waals surface area contributed by atoms with Gasteiger partial charge < -0.3 is 4.84 Å². The number of hydrogen-bond acceptors (Lipinski definition) is 6. The molecule has 0 bridgehead atoms. The number of aryl methyl sites for hydroxylation is 1. The number of para-hydroxylation sites is 1. The number of pyridine rings is 1. The minimum Gasteiger partial charge on any atom is -0.390 e. The fraction of sp³-hybridized carbons (Fsp3) is 0.360. The SMILES string of the molecule is Cc1ccc(S(=O)(=O)OCC(O/N=C/c2cccc3cccnc23)C2CCCCC2)cc1.